The smallest absolute Gasteiger partial charge is 0.0476 e. The Bertz CT molecular complexity index is 555. The highest BCUT2D eigenvalue weighted by atomic mass is 15.2. The maximum absolute atomic E-state index is 6.07. The molecule has 1 saturated carbocycles. The fourth-order valence-electron chi connectivity index (χ4n) is 3.10. The summed E-state index contributed by atoms with van der Waals surface area (Å²) in [6.45, 7) is 0.682. The van der Waals surface area contributed by atoms with Crippen molar-refractivity contribution in [2.75, 3.05) is 13.6 Å². The quantitative estimate of drug-likeness (QED) is 0.907. The maximum atomic E-state index is 6.07. The summed E-state index contributed by atoms with van der Waals surface area (Å²) in [6.07, 6.45) is 4.00. The number of hydrogen-bond acceptors (Lipinski definition) is 2. The molecule has 2 aromatic rings. The van der Waals surface area contributed by atoms with Gasteiger partial charge in [0, 0.05) is 18.6 Å². The summed E-state index contributed by atoms with van der Waals surface area (Å²) in [4.78, 5) is 2.48. The number of hydrogen-bond donors (Lipinski definition) is 1. The monoisotopic (exact) mass is 254 g/mol. The summed E-state index contributed by atoms with van der Waals surface area (Å²) in [5, 5.41) is 2.65. The highest BCUT2D eigenvalue weighted by molar-refractivity contribution is 5.86. The summed E-state index contributed by atoms with van der Waals surface area (Å²) < 4.78 is 0. The van der Waals surface area contributed by atoms with Gasteiger partial charge < -0.3 is 5.73 Å². The van der Waals surface area contributed by atoms with Crippen LogP contribution in [0.15, 0.2) is 42.5 Å². The maximum Gasteiger partial charge on any atom is 0.0476 e. The first-order valence-electron chi connectivity index (χ1n) is 7.21. The molecule has 1 fully saturated rings. The second kappa shape index (κ2) is 5.32. The van der Waals surface area contributed by atoms with E-state index in [-0.39, 0.29) is 0 Å². The van der Waals surface area contributed by atoms with Gasteiger partial charge in [-0.3, -0.25) is 4.90 Å². The van der Waals surface area contributed by atoms with Crippen LogP contribution in [0.3, 0.4) is 0 Å². The van der Waals surface area contributed by atoms with Crippen molar-refractivity contribution in [3.63, 3.8) is 0 Å². The van der Waals surface area contributed by atoms with E-state index in [0.717, 1.165) is 0 Å². The van der Waals surface area contributed by atoms with Crippen molar-refractivity contribution in [3.05, 3.63) is 48.0 Å². The molecule has 0 aliphatic heterocycles. The number of nitrogens with zero attached hydrogens (tertiary/aromatic N) is 1. The van der Waals surface area contributed by atoms with Crippen LogP contribution in [0, 0.1) is 0 Å². The minimum absolute atomic E-state index is 0.330. The van der Waals surface area contributed by atoms with E-state index in [1.807, 2.05) is 0 Å². The van der Waals surface area contributed by atoms with Crippen LogP contribution >= 0.6 is 0 Å². The fraction of sp³-hybridized carbons (Fsp3) is 0.412. The lowest BCUT2D eigenvalue weighted by molar-refractivity contribution is 0.114. The van der Waals surface area contributed by atoms with Crippen LogP contribution in [0.1, 0.15) is 30.9 Å². The van der Waals surface area contributed by atoms with Gasteiger partial charge >= 0.3 is 0 Å². The Morgan fingerprint density at radius 3 is 2.58 bits per heavy atom. The van der Waals surface area contributed by atoms with Crippen LogP contribution in [-0.4, -0.2) is 24.5 Å². The number of likely N-dealkylation sites (N-methyl/N-ethyl adjacent to an activating group) is 1. The molecule has 2 heteroatoms. The third kappa shape index (κ3) is 2.26. The van der Waals surface area contributed by atoms with Crippen LogP contribution < -0.4 is 5.73 Å². The van der Waals surface area contributed by atoms with Crippen molar-refractivity contribution in [2.45, 2.75) is 31.3 Å². The van der Waals surface area contributed by atoms with Crippen LogP contribution in [0.4, 0.5) is 0 Å². The van der Waals surface area contributed by atoms with E-state index >= 15 is 0 Å². The van der Waals surface area contributed by atoms with E-state index in [1.54, 1.807) is 0 Å². The van der Waals surface area contributed by atoms with Gasteiger partial charge in [-0.25, -0.2) is 0 Å². The molecule has 1 aliphatic carbocycles. The van der Waals surface area contributed by atoms with Crippen LogP contribution in [0.25, 0.3) is 10.8 Å². The van der Waals surface area contributed by atoms with Crippen LogP contribution in [-0.2, 0) is 0 Å². The van der Waals surface area contributed by atoms with Gasteiger partial charge in [0.1, 0.15) is 0 Å². The van der Waals surface area contributed by atoms with E-state index < -0.39 is 0 Å². The first-order chi connectivity index (χ1) is 9.31. The highest BCUT2D eigenvalue weighted by Gasteiger charge is 2.28. The number of benzene rings is 2. The minimum atomic E-state index is 0.330. The SMILES string of the molecule is CN(C1CCC1)C(CN)c1cccc2ccccc12. The molecule has 100 valence electrons. The van der Waals surface area contributed by atoms with Gasteiger partial charge in [-0.1, -0.05) is 48.9 Å². The predicted octanol–water partition coefficient (Wildman–Crippen LogP) is 3.32. The van der Waals surface area contributed by atoms with Gasteiger partial charge in [-0.15, -0.1) is 0 Å². The van der Waals surface area contributed by atoms with Crippen LogP contribution in [0.5, 0.6) is 0 Å². The Morgan fingerprint density at radius 1 is 1.16 bits per heavy atom. The van der Waals surface area contributed by atoms with Gasteiger partial charge in [0.25, 0.3) is 0 Å². The number of nitrogens with two attached hydrogens (primary N) is 1. The topological polar surface area (TPSA) is 29.3 Å². The lowest BCUT2D eigenvalue weighted by Crippen LogP contribution is -2.42. The van der Waals surface area contributed by atoms with Crippen molar-refractivity contribution in [2.24, 2.45) is 5.73 Å². The first kappa shape index (κ1) is 12.6. The Morgan fingerprint density at radius 2 is 1.89 bits per heavy atom. The molecule has 0 radical (unpaired) electrons. The summed E-state index contributed by atoms with van der Waals surface area (Å²) in [6, 6.07) is 16.2. The zero-order valence-electron chi connectivity index (χ0n) is 11.5. The zero-order valence-corrected chi connectivity index (χ0v) is 11.5. The molecule has 0 spiro atoms. The lowest BCUT2D eigenvalue weighted by atomic mass is 9.89. The highest BCUT2D eigenvalue weighted by Crippen LogP contribution is 2.33. The van der Waals surface area contributed by atoms with Gasteiger partial charge in [0.2, 0.25) is 0 Å². The molecule has 0 heterocycles. The number of fused-ring (bicyclic) bond motifs is 1. The molecule has 0 amide bonds. The Balaban J connectivity index is 2.00. The van der Waals surface area contributed by atoms with Gasteiger partial charge in [-0.2, -0.15) is 0 Å². The Hall–Kier alpha value is -1.38. The molecule has 1 unspecified atom stereocenters. The van der Waals surface area contributed by atoms with Gasteiger partial charge in [0.05, 0.1) is 0 Å². The summed E-state index contributed by atoms with van der Waals surface area (Å²) in [7, 11) is 2.23. The molecular formula is C17H22N2. The molecule has 19 heavy (non-hydrogen) atoms. The summed E-state index contributed by atoms with van der Waals surface area (Å²) in [5.74, 6) is 0. The molecule has 1 atom stereocenters. The van der Waals surface area contributed by atoms with Crippen molar-refractivity contribution in [1.82, 2.24) is 4.90 Å². The van der Waals surface area contributed by atoms with Crippen LogP contribution in [0.2, 0.25) is 0 Å². The average molecular weight is 254 g/mol. The van der Waals surface area contributed by atoms with Gasteiger partial charge in [-0.05, 0) is 36.2 Å². The van der Waals surface area contributed by atoms with E-state index in [0.29, 0.717) is 18.6 Å². The van der Waals surface area contributed by atoms with E-state index in [4.69, 9.17) is 5.73 Å². The predicted molar refractivity (Wildman–Crippen MR) is 81.1 cm³/mol. The van der Waals surface area contributed by atoms with Crippen molar-refractivity contribution in [3.8, 4) is 0 Å². The van der Waals surface area contributed by atoms with E-state index in [1.165, 1.54) is 35.6 Å². The molecule has 2 aromatic carbocycles. The normalized spacial score (nSPS) is 17.6. The van der Waals surface area contributed by atoms with Crippen molar-refractivity contribution >= 4 is 10.8 Å². The molecule has 2 nitrogen and oxygen atoms in total. The third-order valence-corrected chi connectivity index (χ3v) is 4.55. The second-order valence-corrected chi connectivity index (χ2v) is 5.57. The third-order valence-electron chi connectivity index (χ3n) is 4.55. The standard InChI is InChI=1S/C17H22N2/c1-19(14-8-5-9-14)17(12-18)16-11-4-7-13-6-2-3-10-15(13)16/h2-4,6-7,10-11,14,17H,5,8-9,12,18H2,1H3. The molecule has 0 aromatic heterocycles. The molecule has 1 aliphatic rings. The van der Waals surface area contributed by atoms with Crippen molar-refractivity contribution in [1.29, 1.82) is 0 Å². The second-order valence-electron chi connectivity index (χ2n) is 5.57. The molecule has 0 saturated heterocycles. The van der Waals surface area contributed by atoms with Crippen molar-refractivity contribution < 1.29 is 0 Å². The van der Waals surface area contributed by atoms with E-state index in [9.17, 15) is 0 Å². The molecule has 3 rings (SSSR count). The summed E-state index contributed by atoms with van der Waals surface area (Å²) in [5.41, 5.74) is 7.44. The van der Waals surface area contributed by atoms with Gasteiger partial charge in [0.15, 0.2) is 0 Å². The fourth-order valence-corrected chi connectivity index (χ4v) is 3.10. The average Bonchev–Trinajstić information content (AvgIpc) is 2.38. The van der Waals surface area contributed by atoms with E-state index in [2.05, 4.69) is 54.4 Å². The Labute approximate surface area is 115 Å². The minimum Gasteiger partial charge on any atom is -0.329 e. The largest absolute Gasteiger partial charge is 0.329 e. The summed E-state index contributed by atoms with van der Waals surface area (Å²) >= 11 is 0. The first-order valence-corrected chi connectivity index (χ1v) is 7.21. The molecule has 0 bridgehead atoms. The Kier molecular flexibility index (Phi) is 3.54. The number of rotatable bonds is 4. The molecule has 2 N–H and O–H groups in total. The lowest BCUT2D eigenvalue weighted by Gasteiger charge is -2.40. The zero-order chi connectivity index (χ0) is 13.2. The molecular weight excluding hydrogens is 232 g/mol.